The highest BCUT2D eigenvalue weighted by atomic mass is 19.1. The molecule has 3 aromatic rings. The number of hydrogen-bond acceptors (Lipinski definition) is 4. The van der Waals surface area contributed by atoms with E-state index in [-0.39, 0.29) is 11.5 Å². The van der Waals surface area contributed by atoms with E-state index in [4.69, 9.17) is 0 Å². The molecule has 1 aliphatic carbocycles. The van der Waals surface area contributed by atoms with Crippen LogP contribution in [-0.2, 0) is 0 Å². The number of nitrogens with one attached hydrogen (secondary N) is 2. The maximum Gasteiger partial charge on any atom is 0.256 e. The molecule has 2 heterocycles. The molecule has 0 unspecified atom stereocenters. The summed E-state index contributed by atoms with van der Waals surface area (Å²) < 4.78 is 14.5. The highest BCUT2D eigenvalue weighted by molar-refractivity contribution is 6.03. The Morgan fingerprint density at radius 1 is 1.27 bits per heavy atom. The first-order valence-electron chi connectivity index (χ1n) is 8.25. The smallest absolute Gasteiger partial charge is 0.256 e. The Hall–Kier alpha value is -3.29. The third kappa shape index (κ3) is 3.26. The molecular weight excluding hydrogens is 337 g/mol. The van der Waals surface area contributed by atoms with Crippen LogP contribution < -0.4 is 10.9 Å². The van der Waals surface area contributed by atoms with Crippen molar-refractivity contribution in [2.45, 2.75) is 25.7 Å². The third-order valence-electron chi connectivity index (χ3n) is 4.13. The summed E-state index contributed by atoms with van der Waals surface area (Å²) in [7, 11) is 0. The topological polar surface area (TPSA) is 92.7 Å². The number of aromatic nitrogens is 4. The Morgan fingerprint density at radius 3 is 2.65 bits per heavy atom. The van der Waals surface area contributed by atoms with Crippen LogP contribution in [0.15, 0.2) is 41.2 Å². The summed E-state index contributed by atoms with van der Waals surface area (Å²) in [6.45, 7) is 1.71. The fourth-order valence-corrected chi connectivity index (χ4v) is 2.68. The van der Waals surface area contributed by atoms with Crippen LogP contribution in [0.2, 0.25) is 0 Å². The lowest BCUT2D eigenvalue weighted by molar-refractivity contribution is 0.102. The molecule has 1 aromatic carbocycles. The maximum atomic E-state index is 13.0. The second kappa shape index (κ2) is 6.21. The predicted octanol–water partition coefficient (Wildman–Crippen LogP) is 2.53. The van der Waals surface area contributed by atoms with Crippen molar-refractivity contribution in [1.29, 1.82) is 0 Å². The van der Waals surface area contributed by atoms with Gasteiger partial charge in [0.1, 0.15) is 11.6 Å². The number of carbonyl (C=O) groups is 1. The van der Waals surface area contributed by atoms with Gasteiger partial charge in [-0.3, -0.25) is 14.6 Å². The van der Waals surface area contributed by atoms with Gasteiger partial charge in [0, 0.05) is 29.3 Å². The van der Waals surface area contributed by atoms with Crippen molar-refractivity contribution in [2.75, 3.05) is 5.32 Å². The van der Waals surface area contributed by atoms with E-state index < -0.39 is 11.7 Å². The van der Waals surface area contributed by atoms with Gasteiger partial charge >= 0.3 is 0 Å². The summed E-state index contributed by atoms with van der Waals surface area (Å²) in [4.78, 5) is 31.2. The van der Waals surface area contributed by atoms with Crippen LogP contribution >= 0.6 is 0 Å². The number of rotatable bonds is 4. The highest BCUT2D eigenvalue weighted by Crippen LogP contribution is 2.40. The zero-order valence-corrected chi connectivity index (χ0v) is 14.0. The molecule has 8 heteroatoms. The van der Waals surface area contributed by atoms with Crippen LogP contribution in [0, 0.1) is 12.7 Å². The summed E-state index contributed by atoms with van der Waals surface area (Å²) in [5.74, 6) is 0.174. The quantitative estimate of drug-likeness (QED) is 0.754. The van der Waals surface area contributed by atoms with Gasteiger partial charge in [-0.05, 0) is 44.0 Å². The van der Waals surface area contributed by atoms with E-state index in [1.54, 1.807) is 13.0 Å². The lowest BCUT2D eigenvalue weighted by Gasteiger charge is -2.08. The first kappa shape index (κ1) is 16.2. The maximum absolute atomic E-state index is 13.0. The standard InChI is InChI=1S/C18H16FN5O2/c1-10-8-16(25)22-18(20-10)24-15(9-14(23-24)11-2-3-11)21-17(26)12-4-6-13(19)7-5-12/h4-9,11H,2-3H2,1H3,(H,21,26)(H,20,22,25). The largest absolute Gasteiger partial charge is 0.306 e. The number of carbonyl (C=O) groups excluding carboxylic acids is 1. The van der Waals surface area contributed by atoms with E-state index in [0.717, 1.165) is 18.5 Å². The number of nitrogens with zero attached hydrogens (tertiary/aromatic N) is 3. The third-order valence-corrected chi connectivity index (χ3v) is 4.13. The van der Waals surface area contributed by atoms with Crippen LogP contribution in [0.4, 0.5) is 10.2 Å². The number of hydrogen-bond donors (Lipinski definition) is 2. The van der Waals surface area contributed by atoms with Gasteiger partial charge in [0.05, 0.1) is 5.69 Å². The molecule has 0 radical (unpaired) electrons. The molecule has 132 valence electrons. The molecule has 1 fully saturated rings. The Bertz CT molecular complexity index is 1030. The first-order valence-corrected chi connectivity index (χ1v) is 8.25. The molecule has 1 amide bonds. The molecule has 0 bridgehead atoms. The van der Waals surface area contributed by atoms with Crippen LogP contribution in [0.25, 0.3) is 5.95 Å². The van der Waals surface area contributed by atoms with Crippen molar-refractivity contribution in [2.24, 2.45) is 0 Å². The SMILES string of the molecule is Cc1cc(=O)[nH]c(-n2nc(C3CC3)cc2NC(=O)c2ccc(F)cc2)n1. The normalized spacial score (nSPS) is 13.6. The molecule has 0 atom stereocenters. The lowest BCUT2D eigenvalue weighted by Crippen LogP contribution is -2.18. The number of aromatic amines is 1. The fourth-order valence-electron chi connectivity index (χ4n) is 2.68. The zero-order valence-electron chi connectivity index (χ0n) is 14.0. The highest BCUT2D eigenvalue weighted by Gasteiger charge is 2.28. The average Bonchev–Trinajstić information content (AvgIpc) is 3.36. The van der Waals surface area contributed by atoms with Gasteiger partial charge in [-0.15, -0.1) is 0 Å². The van der Waals surface area contributed by atoms with E-state index in [1.165, 1.54) is 35.0 Å². The zero-order chi connectivity index (χ0) is 18.3. The minimum Gasteiger partial charge on any atom is -0.306 e. The van der Waals surface area contributed by atoms with E-state index >= 15 is 0 Å². The summed E-state index contributed by atoms with van der Waals surface area (Å²) >= 11 is 0. The second-order valence-electron chi connectivity index (χ2n) is 6.31. The van der Waals surface area contributed by atoms with Crippen LogP contribution in [0.3, 0.4) is 0 Å². The molecule has 7 nitrogen and oxygen atoms in total. The molecule has 4 rings (SSSR count). The molecular formula is C18H16FN5O2. The molecule has 26 heavy (non-hydrogen) atoms. The molecule has 2 N–H and O–H groups in total. The Kier molecular flexibility index (Phi) is 3.87. The minimum absolute atomic E-state index is 0.233. The first-order chi connectivity index (χ1) is 12.5. The van der Waals surface area contributed by atoms with Gasteiger partial charge in [-0.1, -0.05) is 0 Å². The number of benzene rings is 1. The summed E-state index contributed by atoms with van der Waals surface area (Å²) in [5.41, 5.74) is 1.40. The molecule has 0 aliphatic heterocycles. The number of halogens is 1. The lowest BCUT2D eigenvalue weighted by atomic mass is 10.2. The van der Waals surface area contributed by atoms with Crippen molar-refractivity contribution in [3.63, 3.8) is 0 Å². The van der Waals surface area contributed by atoms with Gasteiger partial charge in [0.15, 0.2) is 0 Å². The van der Waals surface area contributed by atoms with Crippen molar-refractivity contribution in [3.8, 4) is 5.95 Å². The number of anilines is 1. The average molecular weight is 353 g/mol. The van der Waals surface area contributed by atoms with Gasteiger partial charge in [-0.2, -0.15) is 9.78 Å². The van der Waals surface area contributed by atoms with Crippen LogP contribution in [0.1, 0.15) is 40.5 Å². The fraction of sp³-hybridized carbons (Fsp3) is 0.222. The summed E-state index contributed by atoms with van der Waals surface area (Å²) in [5, 5.41) is 7.26. The van der Waals surface area contributed by atoms with E-state index in [0.29, 0.717) is 23.0 Å². The van der Waals surface area contributed by atoms with Gasteiger partial charge < -0.3 is 5.32 Å². The molecule has 1 saturated carbocycles. The van der Waals surface area contributed by atoms with Crippen molar-refractivity contribution in [1.82, 2.24) is 19.7 Å². The van der Waals surface area contributed by atoms with Gasteiger partial charge in [0.25, 0.3) is 11.5 Å². The number of amides is 1. The summed E-state index contributed by atoms with van der Waals surface area (Å²) in [6, 6.07) is 8.41. The van der Waals surface area contributed by atoms with Crippen molar-refractivity contribution in [3.05, 3.63) is 69.5 Å². The van der Waals surface area contributed by atoms with Crippen molar-refractivity contribution < 1.29 is 9.18 Å². The van der Waals surface area contributed by atoms with Gasteiger partial charge in [-0.25, -0.2) is 9.37 Å². The van der Waals surface area contributed by atoms with E-state index in [9.17, 15) is 14.0 Å². The van der Waals surface area contributed by atoms with Crippen LogP contribution in [0.5, 0.6) is 0 Å². The number of aryl methyl sites for hydroxylation is 1. The van der Waals surface area contributed by atoms with E-state index in [2.05, 4.69) is 20.4 Å². The van der Waals surface area contributed by atoms with E-state index in [1.807, 2.05) is 0 Å². The predicted molar refractivity (Wildman–Crippen MR) is 93.0 cm³/mol. The molecule has 0 spiro atoms. The second-order valence-corrected chi connectivity index (χ2v) is 6.31. The van der Waals surface area contributed by atoms with Crippen molar-refractivity contribution >= 4 is 11.7 Å². The molecule has 2 aromatic heterocycles. The minimum atomic E-state index is -0.413. The summed E-state index contributed by atoms with van der Waals surface area (Å²) in [6.07, 6.45) is 2.08. The Balaban J connectivity index is 1.71. The molecule has 0 saturated heterocycles. The Morgan fingerprint density at radius 2 is 2.00 bits per heavy atom. The number of H-pyrrole nitrogens is 1. The Labute approximate surface area is 147 Å². The monoisotopic (exact) mass is 353 g/mol. The molecule has 1 aliphatic rings. The van der Waals surface area contributed by atoms with Gasteiger partial charge in [0.2, 0.25) is 5.95 Å². The van der Waals surface area contributed by atoms with Crippen LogP contribution in [-0.4, -0.2) is 25.7 Å².